The van der Waals surface area contributed by atoms with Crippen LogP contribution >= 0.6 is 11.8 Å². The molecular weight excluding hydrogens is 175 g/mol. The van der Waals surface area contributed by atoms with E-state index in [1.54, 1.807) is 17.8 Å². The third-order valence-electron chi connectivity index (χ3n) is 1.74. The molecule has 1 heterocycles. The maximum atomic E-state index is 13.1. The van der Waals surface area contributed by atoms with Crippen molar-refractivity contribution in [3.63, 3.8) is 0 Å². The molecule has 62 valence electrons. The molecule has 1 aromatic carbocycles. The topological polar surface area (TPSA) is 28.7 Å². The van der Waals surface area contributed by atoms with Crippen molar-refractivity contribution in [2.75, 3.05) is 6.26 Å². The Balaban J connectivity index is 2.82. The van der Waals surface area contributed by atoms with Crippen LogP contribution in [-0.2, 0) is 0 Å². The van der Waals surface area contributed by atoms with Gasteiger partial charge in [0.1, 0.15) is 5.82 Å². The molecule has 0 aliphatic heterocycles. The summed E-state index contributed by atoms with van der Waals surface area (Å²) in [6.45, 7) is 0. The summed E-state index contributed by atoms with van der Waals surface area (Å²) in [5.41, 5.74) is 0.780. The van der Waals surface area contributed by atoms with Gasteiger partial charge in [0.2, 0.25) is 0 Å². The zero-order valence-electron chi connectivity index (χ0n) is 6.47. The minimum absolute atomic E-state index is 0.225. The molecule has 2 aromatic rings. The molecule has 0 saturated heterocycles. The highest BCUT2D eigenvalue weighted by Gasteiger charge is 2.05. The standard InChI is InChI=1S/C8H7FN2S/c1-12-7-3-2-6(9)5-4-10-11-8(5)7/h2-4H,1H3,(H,10,11). The van der Waals surface area contributed by atoms with Gasteiger partial charge in [0.05, 0.1) is 17.1 Å². The SMILES string of the molecule is CSc1ccc(F)c2cn[nH]c12. The number of H-pyrrole nitrogens is 1. The van der Waals surface area contributed by atoms with Gasteiger partial charge in [-0.3, -0.25) is 5.10 Å². The highest BCUT2D eigenvalue weighted by atomic mass is 32.2. The van der Waals surface area contributed by atoms with Gasteiger partial charge < -0.3 is 0 Å². The fourth-order valence-electron chi connectivity index (χ4n) is 1.15. The van der Waals surface area contributed by atoms with Gasteiger partial charge in [0, 0.05) is 4.90 Å². The molecule has 0 aliphatic carbocycles. The number of aromatic nitrogens is 2. The highest BCUT2D eigenvalue weighted by molar-refractivity contribution is 7.98. The lowest BCUT2D eigenvalue weighted by Crippen LogP contribution is -1.78. The molecule has 4 heteroatoms. The Hall–Kier alpha value is -1.03. The van der Waals surface area contributed by atoms with Crippen molar-refractivity contribution < 1.29 is 4.39 Å². The van der Waals surface area contributed by atoms with Crippen LogP contribution in [0.2, 0.25) is 0 Å². The Labute approximate surface area is 73.2 Å². The van der Waals surface area contributed by atoms with Crippen LogP contribution in [0.25, 0.3) is 10.9 Å². The van der Waals surface area contributed by atoms with E-state index in [-0.39, 0.29) is 5.82 Å². The number of halogens is 1. The van der Waals surface area contributed by atoms with E-state index >= 15 is 0 Å². The van der Waals surface area contributed by atoms with Gasteiger partial charge in [-0.05, 0) is 18.4 Å². The van der Waals surface area contributed by atoms with Gasteiger partial charge >= 0.3 is 0 Å². The van der Waals surface area contributed by atoms with Crippen LogP contribution in [-0.4, -0.2) is 16.5 Å². The summed E-state index contributed by atoms with van der Waals surface area (Å²) in [5, 5.41) is 7.12. The van der Waals surface area contributed by atoms with E-state index in [4.69, 9.17) is 0 Å². The Kier molecular flexibility index (Phi) is 1.77. The van der Waals surface area contributed by atoms with Gasteiger partial charge in [-0.25, -0.2) is 4.39 Å². The zero-order valence-corrected chi connectivity index (χ0v) is 7.28. The van der Waals surface area contributed by atoms with Crippen molar-refractivity contribution in [1.82, 2.24) is 10.2 Å². The molecule has 0 atom stereocenters. The maximum absolute atomic E-state index is 13.1. The fraction of sp³-hybridized carbons (Fsp3) is 0.125. The molecule has 2 rings (SSSR count). The molecule has 0 aliphatic rings. The lowest BCUT2D eigenvalue weighted by molar-refractivity contribution is 0.639. The summed E-state index contributed by atoms with van der Waals surface area (Å²) in [5.74, 6) is -0.225. The second-order valence-electron chi connectivity index (χ2n) is 2.41. The van der Waals surface area contributed by atoms with Crippen molar-refractivity contribution in [2.24, 2.45) is 0 Å². The van der Waals surface area contributed by atoms with Crippen LogP contribution in [0.3, 0.4) is 0 Å². The first-order chi connectivity index (χ1) is 5.83. The molecular formula is C8H7FN2S. The first-order valence-corrected chi connectivity index (χ1v) is 4.71. The molecule has 0 fully saturated rings. The van der Waals surface area contributed by atoms with E-state index in [0.717, 1.165) is 10.4 Å². The summed E-state index contributed by atoms with van der Waals surface area (Å²) < 4.78 is 13.1. The second-order valence-corrected chi connectivity index (χ2v) is 3.26. The third kappa shape index (κ3) is 0.992. The van der Waals surface area contributed by atoms with Crippen LogP contribution < -0.4 is 0 Å². The Morgan fingerprint density at radius 1 is 1.50 bits per heavy atom. The summed E-state index contributed by atoms with van der Waals surface area (Å²) in [4.78, 5) is 1.02. The van der Waals surface area contributed by atoms with Crippen molar-refractivity contribution in [1.29, 1.82) is 0 Å². The number of rotatable bonds is 1. The monoisotopic (exact) mass is 182 g/mol. The van der Waals surface area contributed by atoms with Crippen LogP contribution in [0, 0.1) is 5.82 Å². The minimum Gasteiger partial charge on any atom is -0.277 e. The van der Waals surface area contributed by atoms with Crippen LogP contribution in [0.4, 0.5) is 4.39 Å². The van der Waals surface area contributed by atoms with Crippen molar-refractivity contribution in [3.05, 3.63) is 24.1 Å². The number of aromatic amines is 1. The van der Waals surface area contributed by atoms with E-state index in [1.807, 2.05) is 6.26 Å². The fourth-order valence-corrected chi connectivity index (χ4v) is 1.71. The Morgan fingerprint density at radius 2 is 2.33 bits per heavy atom. The maximum Gasteiger partial charge on any atom is 0.134 e. The quantitative estimate of drug-likeness (QED) is 0.686. The lowest BCUT2D eigenvalue weighted by Gasteiger charge is -1.97. The predicted molar refractivity (Wildman–Crippen MR) is 47.8 cm³/mol. The normalized spacial score (nSPS) is 10.8. The highest BCUT2D eigenvalue weighted by Crippen LogP contribution is 2.25. The summed E-state index contributed by atoms with van der Waals surface area (Å²) in [6.07, 6.45) is 3.46. The predicted octanol–water partition coefficient (Wildman–Crippen LogP) is 2.42. The minimum atomic E-state index is -0.225. The molecule has 0 radical (unpaired) electrons. The van der Waals surface area contributed by atoms with Crippen LogP contribution in [0.5, 0.6) is 0 Å². The van der Waals surface area contributed by atoms with Crippen molar-refractivity contribution >= 4 is 22.7 Å². The smallest absolute Gasteiger partial charge is 0.134 e. The molecule has 1 aromatic heterocycles. The molecule has 0 spiro atoms. The van der Waals surface area contributed by atoms with Crippen LogP contribution in [0.15, 0.2) is 23.2 Å². The number of fused-ring (bicyclic) bond motifs is 1. The first-order valence-electron chi connectivity index (χ1n) is 3.48. The first kappa shape index (κ1) is 7.61. The van der Waals surface area contributed by atoms with E-state index < -0.39 is 0 Å². The molecule has 0 saturated carbocycles. The number of hydrogen-bond acceptors (Lipinski definition) is 2. The number of benzene rings is 1. The number of nitrogens with one attached hydrogen (secondary N) is 1. The van der Waals surface area contributed by atoms with Crippen molar-refractivity contribution in [2.45, 2.75) is 4.90 Å². The van der Waals surface area contributed by atoms with Gasteiger partial charge in [0.25, 0.3) is 0 Å². The molecule has 0 bridgehead atoms. The average molecular weight is 182 g/mol. The summed E-state index contributed by atoms with van der Waals surface area (Å²) >= 11 is 1.57. The van der Waals surface area contributed by atoms with E-state index in [0.29, 0.717) is 5.39 Å². The summed E-state index contributed by atoms with van der Waals surface area (Å²) in [7, 11) is 0. The Morgan fingerprint density at radius 3 is 3.08 bits per heavy atom. The van der Waals surface area contributed by atoms with E-state index in [2.05, 4.69) is 10.2 Å². The lowest BCUT2D eigenvalue weighted by atomic mass is 10.2. The third-order valence-corrected chi connectivity index (χ3v) is 2.52. The zero-order chi connectivity index (χ0) is 8.55. The number of hydrogen-bond donors (Lipinski definition) is 1. The van der Waals surface area contributed by atoms with Gasteiger partial charge in [-0.15, -0.1) is 11.8 Å². The molecule has 0 unspecified atom stereocenters. The number of thioether (sulfide) groups is 1. The average Bonchev–Trinajstić information content (AvgIpc) is 2.54. The Bertz CT molecular complexity index is 410. The second kappa shape index (κ2) is 2.79. The molecule has 0 amide bonds. The number of nitrogens with zero attached hydrogens (tertiary/aromatic N) is 1. The molecule has 12 heavy (non-hydrogen) atoms. The van der Waals surface area contributed by atoms with Gasteiger partial charge in [0.15, 0.2) is 0 Å². The van der Waals surface area contributed by atoms with Gasteiger partial charge in [-0.2, -0.15) is 5.10 Å². The van der Waals surface area contributed by atoms with Gasteiger partial charge in [-0.1, -0.05) is 0 Å². The largest absolute Gasteiger partial charge is 0.277 e. The molecule has 2 nitrogen and oxygen atoms in total. The van der Waals surface area contributed by atoms with E-state index in [9.17, 15) is 4.39 Å². The summed E-state index contributed by atoms with van der Waals surface area (Å²) in [6, 6.07) is 3.21. The van der Waals surface area contributed by atoms with E-state index in [1.165, 1.54) is 12.3 Å². The molecule has 1 N–H and O–H groups in total. The van der Waals surface area contributed by atoms with Crippen molar-refractivity contribution in [3.8, 4) is 0 Å². The van der Waals surface area contributed by atoms with Crippen LogP contribution in [0.1, 0.15) is 0 Å².